The Morgan fingerprint density at radius 2 is 1.71 bits per heavy atom. The molecule has 0 atom stereocenters. The third-order valence-corrected chi connectivity index (χ3v) is 1.74. The minimum absolute atomic E-state index is 0.307. The van der Waals surface area contributed by atoms with Crippen molar-refractivity contribution in [1.29, 1.82) is 0 Å². The SMILES string of the molecule is CC(C)(C)OC(=O)C(=O)COc1ccccc1. The minimum Gasteiger partial charge on any atom is -0.485 e. The lowest BCUT2D eigenvalue weighted by Crippen LogP contribution is -2.31. The first-order valence-corrected chi connectivity index (χ1v) is 5.32. The molecule has 0 aliphatic heterocycles. The highest BCUT2D eigenvalue weighted by Gasteiger charge is 2.22. The van der Waals surface area contributed by atoms with Crippen molar-refractivity contribution in [3.05, 3.63) is 30.3 Å². The van der Waals surface area contributed by atoms with Crippen LogP contribution in [-0.4, -0.2) is 24.0 Å². The van der Waals surface area contributed by atoms with Crippen LogP contribution < -0.4 is 4.74 Å². The summed E-state index contributed by atoms with van der Waals surface area (Å²) in [6.07, 6.45) is 0. The zero-order chi connectivity index (χ0) is 12.9. The van der Waals surface area contributed by atoms with Gasteiger partial charge in [0, 0.05) is 0 Å². The number of carbonyl (C=O) groups is 2. The molecule has 0 bridgehead atoms. The number of hydrogen-bond acceptors (Lipinski definition) is 4. The van der Waals surface area contributed by atoms with Gasteiger partial charge in [-0.05, 0) is 32.9 Å². The number of ether oxygens (including phenoxy) is 2. The monoisotopic (exact) mass is 236 g/mol. The lowest BCUT2D eigenvalue weighted by Gasteiger charge is -2.18. The van der Waals surface area contributed by atoms with Crippen LogP contribution in [0.1, 0.15) is 20.8 Å². The Balaban J connectivity index is 2.43. The Bertz CT molecular complexity index is 390. The van der Waals surface area contributed by atoms with Crippen molar-refractivity contribution in [1.82, 2.24) is 0 Å². The third-order valence-electron chi connectivity index (χ3n) is 1.74. The molecule has 17 heavy (non-hydrogen) atoms. The van der Waals surface area contributed by atoms with Crippen molar-refractivity contribution in [3.8, 4) is 5.75 Å². The smallest absolute Gasteiger partial charge is 0.378 e. The average Bonchev–Trinajstić information content (AvgIpc) is 2.25. The highest BCUT2D eigenvalue weighted by molar-refractivity contribution is 6.34. The van der Waals surface area contributed by atoms with Gasteiger partial charge < -0.3 is 9.47 Å². The van der Waals surface area contributed by atoms with Crippen LogP contribution in [0.25, 0.3) is 0 Å². The predicted octanol–water partition coefficient (Wildman–Crippen LogP) is 1.98. The van der Waals surface area contributed by atoms with Crippen molar-refractivity contribution >= 4 is 11.8 Å². The van der Waals surface area contributed by atoms with Gasteiger partial charge in [0.2, 0.25) is 0 Å². The Kier molecular flexibility index (Phi) is 4.26. The number of rotatable bonds is 4. The Morgan fingerprint density at radius 1 is 1.12 bits per heavy atom. The van der Waals surface area contributed by atoms with E-state index in [0.29, 0.717) is 5.75 Å². The normalized spacial score (nSPS) is 10.8. The molecule has 0 radical (unpaired) electrons. The predicted molar refractivity (Wildman–Crippen MR) is 62.8 cm³/mol. The standard InChI is InChI=1S/C13H16O4/c1-13(2,3)17-12(15)11(14)9-16-10-7-5-4-6-8-10/h4-8H,9H2,1-3H3. The van der Waals surface area contributed by atoms with Crippen LogP contribution in [0.3, 0.4) is 0 Å². The van der Waals surface area contributed by atoms with Crippen LogP contribution in [0.4, 0.5) is 0 Å². The number of benzene rings is 1. The average molecular weight is 236 g/mol. The van der Waals surface area contributed by atoms with E-state index in [9.17, 15) is 9.59 Å². The van der Waals surface area contributed by atoms with Crippen molar-refractivity contribution in [3.63, 3.8) is 0 Å². The van der Waals surface area contributed by atoms with Crippen LogP contribution in [0, 0.1) is 0 Å². The summed E-state index contributed by atoms with van der Waals surface area (Å²) in [6, 6.07) is 8.83. The second-order valence-corrected chi connectivity index (χ2v) is 4.53. The maximum Gasteiger partial charge on any atom is 0.378 e. The zero-order valence-corrected chi connectivity index (χ0v) is 10.2. The first kappa shape index (κ1) is 13.2. The van der Waals surface area contributed by atoms with Gasteiger partial charge in [-0.15, -0.1) is 0 Å². The molecule has 0 aromatic heterocycles. The summed E-state index contributed by atoms with van der Waals surface area (Å²) in [7, 11) is 0. The van der Waals surface area contributed by atoms with Gasteiger partial charge in [-0.1, -0.05) is 18.2 Å². The molecular weight excluding hydrogens is 220 g/mol. The van der Waals surface area contributed by atoms with E-state index in [0.717, 1.165) is 0 Å². The molecule has 0 saturated carbocycles. The maximum absolute atomic E-state index is 11.4. The molecule has 0 N–H and O–H groups in total. The fourth-order valence-electron chi connectivity index (χ4n) is 1.06. The molecule has 0 spiro atoms. The van der Waals surface area contributed by atoms with Gasteiger partial charge >= 0.3 is 5.97 Å². The molecule has 0 aliphatic rings. The number of ketones is 1. The Morgan fingerprint density at radius 3 is 2.24 bits per heavy atom. The molecule has 0 heterocycles. The van der Waals surface area contributed by atoms with E-state index in [4.69, 9.17) is 9.47 Å². The van der Waals surface area contributed by atoms with Crippen molar-refractivity contribution < 1.29 is 19.1 Å². The van der Waals surface area contributed by atoms with E-state index >= 15 is 0 Å². The largest absolute Gasteiger partial charge is 0.485 e. The summed E-state index contributed by atoms with van der Waals surface area (Å²) in [4.78, 5) is 22.7. The zero-order valence-electron chi connectivity index (χ0n) is 10.2. The van der Waals surface area contributed by atoms with Crippen LogP contribution in [0.5, 0.6) is 5.75 Å². The summed E-state index contributed by atoms with van der Waals surface area (Å²) >= 11 is 0. The van der Waals surface area contributed by atoms with E-state index < -0.39 is 17.4 Å². The van der Waals surface area contributed by atoms with Crippen LogP contribution in [0.2, 0.25) is 0 Å². The van der Waals surface area contributed by atoms with Crippen molar-refractivity contribution in [2.45, 2.75) is 26.4 Å². The molecule has 1 rings (SSSR count). The van der Waals surface area contributed by atoms with E-state index in [1.54, 1.807) is 45.0 Å². The van der Waals surface area contributed by atoms with Crippen molar-refractivity contribution in [2.75, 3.05) is 6.61 Å². The summed E-state index contributed by atoms with van der Waals surface area (Å²) in [5.41, 5.74) is -0.667. The lowest BCUT2D eigenvalue weighted by molar-refractivity contribution is -0.163. The molecule has 0 unspecified atom stereocenters. The first-order valence-electron chi connectivity index (χ1n) is 5.32. The van der Waals surface area contributed by atoms with Gasteiger partial charge in [-0.3, -0.25) is 4.79 Å². The molecular formula is C13H16O4. The number of Topliss-reactive ketones (excluding diaryl/α,β-unsaturated/α-hetero) is 1. The highest BCUT2D eigenvalue weighted by atomic mass is 16.6. The van der Waals surface area contributed by atoms with E-state index in [-0.39, 0.29) is 6.61 Å². The molecule has 1 aromatic carbocycles. The number of para-hydroxylation sites is 1. The number of hydrogen-bond donors (Lipinski definition) is 0. The maximum atomic E-state index is 11.4. The molecule has 0 fully saturated rings. The van der Waals surface area contributed by atoms with Gasteiger partial charge in [-0.25, -0.2) is 4.79 Å². The molecule has 0 aliphatic carbocycles. The minimum atomic E-state index is -0.867. The van der Waals surface area contributed by atoms with E-state index in [1.807, 2.05) is 6.07 Å². The Labute approximate surface area is 101 Å². The second kappa shape index (κ2) is 5.48. The van der Waals surface area contributed by atoms with Crippen LogP contribution in [0.15, 0.2) is 30.3 Å². The number of esters is 1. The highest BCUT2D eigenvalue weighted by Crippen LogP contribution is 2.09. The third kappa shape index (κ3) is 5.15. The Hall–Kier alpha value is -1.84. The van der Waals surface area contributed by atoms with Gasteiger partial charge in [0.1, 0.15) is 11.4 Å². The van der Waals surface area contributed by atoms with Gasteiger partial charge in [0.05, 0.1) is 0 Å². The summed E-state index contributed by atoms with van der Waals surface area (Å²) in [5.74, 6) is -1.01. The second-order valence-electron chi connectivity index (χ2n) is 4.53. The van der Waals surface area contributed by atoms with Gasteiger partial charge in [-0.2, -0.15) is 0 Å². The topological polar surface area (TPSA) is 52.6 Å². The molecule has 0 amide bonds. The molecule has 4 heteroatoms. The fourth-order valence-corrected chi connectivity index (χ4v) is 1.06. The fraction of sp³-hybridized carbons (Fsp3) is 0.385. The molecule has 92 valence electrons. The molecule has 4 nitrogen and oxygen atoms in total. The molecule has 1 aromatic rings. The summed E-state index contributed by atoms with van der Waals surface area (Å²) < 4.78 is 10.1. The first-order chi connectivity index (χ1) is 7.88. The summed E-state index contributed by atoms with van der Waals surface area (Å²) in [6.45, 7) is 4.81. The van der Waals surface area contributed by atoms with E-state index in [2.05, 4.69) is 0 Å². The van der Waals surface area contributed by atoms with Crippen molar-refractivity contribution in [2.24, 2.45) is 0 Å². The number of carbonyl (C=O) groups excluding carboxylic acids is 2. The van der Waals surface area contributed by atoms with Gasteiger partial charge in [0.25, 0.3) is 5.78 Å². The summed E-state index contributed by atoms with van der Waals surface area (Å²) in [5, 5.41) is 0. The van der Waals surface area contributed by atoms with Crippen LogP contribution in [-0.2, 0) is 14.3 Å². The lowest BCUT2D eigenvalue weighted by atomic mass is 10.2. The van der Waals surface area contributed by atoms with Crippen LogP contribution >= 0.6 is 0 Å². The van der Waals surface area contributed by atoms with Gasteiger partial charge in [0.15, 0.2) is 6.61 Å². The quantitative estimate of drug-likeness (QED) is 0.592. The van der Waals surface area contributed by atoms with E-state index in [1.165, 1.54) is 0 Å². The molecule has 0 saturated heterocycles.